The monoisotopic (exact) mass is 286 g/mol. The van der Waals surface area contributed by atoms with Crippen molar-refractivity contribution in [2.45, 2.75) is 25.4 Å². The molecule has 1 heterocycles. The highest BCUT2D eigenvalue weighted by Gasteiger charge is 2.31. The molecule has 4 nitrogen and oxygen atoms in total. The lowest BCUT2D eigenvalue weighted by Gasteiger charge is -2.35. The Morgan fingerprint density at radius 3 is 2.57 bits per heavy atom. The molecule has 0 atom stereocenters. The molecular weight excluding hydrogens is 264 g/mol. The fraction of sp³-hybridized carbons (Fsp3) is 0.471. The van der Waals surface area contributed by atoms with Crippen molar-refractivity contribution in [1.82, 2.24) is 9.80 Å². The van der Waals surface area contributed by atoms with Crippen LogP contribution < -0.4 is 0 Å². The minimum atomic E-state index is -0.900. The molecule has 2 fully saturated rings. The molecule has 1 aliphatic heterocycles. The second-order valence-corrected chi connectivity index (χ2v) is 5.91. The summed E-state index contributed by atoms with van der Waals surface area (Å²) in [4.78, 5) is 15.7. The van der Waals surface area contributed by atoms with Crippen LogP contribution in [0.2, 0.25) is 0 Å². The van der Waals surface area contributed by atoms with Gasteiger partial charge in [-0.25, -0.2) is 4.79 Å². The van der Waals surface area contributed by atoms with Crippen molar-refractivity contribution >= 4 is 12.0 Å². The molecule has 1 aliphatic carbocycles. The Bertz CT molecular complexity index is 529. The smallest absolute Gasteiger partial charge is 0.328 e. The van der Waals surface area contributed by atoms with E-state index in [-0.39, 0.29) is 0 Å². The van der Waals surface area contributed by atoms with Gasteiger partial charge in [0, 0.05) is 44.8 Å². The lowest BCUT2D eigenvalue weighted by atomic mass is 10.1. The molecule has 1 saturated carbocycles. The number of hydrogen-bond donors (Lipinski definition) is 1. The van der Waals surface area contributed by atoms with Crippen LogP contribution in [0.15, 0.2) is 30.3 Å². The van der Waals surface area contributed by atoms with E-state index in [4.69, 9.17) is 5.11 Å². The van der Waals surface area contributed by atoms with Crippen LogP contribution >= 0.6 is 0 Å². The molecule has 4 heteroatoms. The van der Waals surface area contributed by atoms with Gasteiger partial charge in [0.05, 0.1) is 0 Å². The summed E-state index contributed by atoms with van der Waals surface area (Å²) in [6.45, 7) is 5.44. The van der Waals surface area contributed by atoms with Crippen LogP contribution in [-0.4, -0.2) is 53.1 Å². The van der Waals surface area contributed by atoms with Gasteiger partial charge in [-0.3, -0.25) is 9.80 Å². The van der Waals surface area contributed by atoms with E-state index in [2.05, 4.69) is 15.9 Å². The Labute approximate surface area is 125 Å². The van der Waals surface area contributed by atoms with Gasteiger partial charge in [-0.05, 0) is 30.0 Å². The van der Waals surface area contributed by atoms with Gasteiger partial charge in [0.15, 0.2) is 0 Å². The highest BCUT2D eigenvalue weighted by atomic mass is 16.4. The summed E-state index contributed by atoms with van der Waals surface area (Å²) in [5, 5.41) is 8.77. The maximum absolute atomic E-state index is 10.7. The van der Waals surface area contributed by atoms with Crippen LogP contribution in [0.25, 0.3) is 6.08 Å². The summed E-state index contributed by atoms with van der Waals surface area (Å²) in [5.74, 6) is -0.900. The fourth-order valence-corrected chi connectivity index (χ4v) is 2.97. The van der Waals surface area contributed by atoms with Crippen LogP contribution in [0.3, 0.4) is 0 Å². The van der Waals surface area contributed by atoms with Crippen molar-refractivity contribution < 1.29 is 9.90 Å². The number of carboxylic acid groups (broad SMARTS) is 1. The molecule has 0 bridgehead atoms. The third-order valence-corrected chi connectivity index (χ3v) is 4.32. The van der Waals surface area contributed by atoms with Gasteiger partial charge in [-0.15, -0.1) is 0 Å². The molecule has 1 aromatic rings. The van der Waals surface area contributed by atoms with Crippen LogP contribution in [0.1, 0.15) is 24.0 Å². The number of aliphatic carboxylic acids is 1. The zero-order valence-corrected chi connectivity index (χ0v) is 12.2. The maximum Gasteiger partial charge on any atom is 0.328 e. The molecule has 1 N–H and O–H groups in total. The van der Waals surface area contributed by atoms with Crippen LogP contribution in [0, 0.1) is 0 Å². The van der Waals surface area contributed by atoms with Crippen molar-refractivity contribution in [3.63, 3.8) is 0 Å². The third kappa shape index (κ3) is 3.93. The fourth-order valence-electron chi connectivity index (χ4n) is 2.97. The average Bonchev–Trinajstić information content (AvgIpc) is 3.32. The van der Waals surface area contributed by atoms with E-state index in [1.54, 1.807) is 6.08 Å². The number of piperazine rings is 1. The Hall–Kier alpha value is -1.65. The largest absolute Gasteiger partial charge is 0.478 e. The van der Waals surface area contributed by atoms with E-state index in [0.29, 0.717) is 0 Å². The van der Waals surface area contributed by atoms with Crippen molar-refractivity contribution in [1.29, 1.82) is 0 Å². The lowest BCUT2D eigenvalue weighted by Crippen LogP contribution is -2.46. The van der Waals surface area contributed by atoms with E-state index in [0.717, 1.165) is 44.3 Å². The first-order valence-corrected chi connectivity index (χ1v) is 7.68. The highest BCUT2D eigenvalue weighted by Crippen LogP contribution is 2.27. The molecule has 0 aromatic heterocycles. The minimum absolute atomic E-state index is 0.859. The first-order valence-electron chi connectivity index (χ1n) is 7.68. The van der Waals surface area contributed by atoms with Gasteiger partial charge >= 0.3 is 5.97 Å². The molecular formula is C17H22N2O2. The Morgan fingerprint density at radius 2 is 1.90 bits per heavy atom. The van der Waals surface area contributed by atoms with Gasteiger partial charge in [0.1, 0.15) is 0 Å². The lowest BCUT2D eigenvalue weighted by molar-refractivity contribution is -0.131. The van der Waals surface area contributed by atoms with Crippen molar-refractivity contribution in [2.75, 3.05) is 26.2 Å². The zero-order valence-electron chi connectivity index (χ0n) is 12.2. The Balaban J connectivity index is 1.61. The Morgan fingerprint density at radius 1 is 1.19 bits per heavy atom. The van der Waals surface area contributed by atoms with Gasteiger partial charge in [-0.1, -0.05) is 24.3 Å². The number of benzene rings is 1. The van der Waals surface area contributed by atoms with Gasteiger partial charge in [0.25, 0.3) is 0 Å². The number of hydrogen-bond acceptors (Lipinski definition) is 3. The third-order valence-electron chi connectivity index (χ3n) is 4.32. The summed E-state index contributed by atoms with van der Waals surface area (Å²) in [6, 6.07) is 8.91. The number of carbonyl (C=O) groups is 1. The number of carboxylic acids is 1. The van der Waals surface area contributed by atoms with E-state index in [1.807, 2.05) is 18.2 Å². The summed E-state index contributed by atoms with van der Waals surface area (Å²) < 4.78 is 0. The molecule has 3 rings (SSSR count). The second-order valence-electron chi connectivity index (χ2n) is 5.91. The maximum atomic E-state index is 10.7. The summed E-state index contributed by atoms with van der Waals surface area (Å²) in [6.07, 6.45) is 5.66. The first-order chi connectivity index (χ1) is 10.2. The molecule has 1 aromatic carbocycles. The molecule has 0 unspecified atom stereocenters. The number of nitrogens with zero attached hydrogens (tertiary/aromatic N) is 2. The van der Waals surface area contributed by atoms with E-state index < -0.39 is 5.97 Å². The second kappa shape index (κ2) is 6.41. The van der Waals surface area contributed by atoms with Crippen molar-refractivity contribution in [3.8, 4) is 0 Å². The predicted octanol–water partition coefficient (Wildman–Crippen LogP) is 2.06. The van der Waals surface area contributed by atoms with Crippen molar-refractivity contribution in [2.24, 2.45) is 0 Å². The average molecular weight is 286 g/mol. The molecule has 2 aliphatic rings. The summed E-state index contributed by atoms with van der Waals surface area (Å²) in [5.41, 5.74) is 2.21. The molecule has 21 heavy (non-hydrogen) atoms. The normalized spacial score (nSPS) is 21.0. The number of rotatable bonds is 5. The van der Waals surface area contributed by atoms with Gasteiger partial charge in [-0.2, -0.15) is 0 Å². The first kappa shape index (κ1) is 14.3. The quantitative estimate of drug-likeness (QED) is 0.842. The summed E-state index contributed by atoms with van der Waals surface area (Å²) >= 11 is 0. The SMILES string of the molecule is O=C(O)C=Cc1ccccc1CN1CCN(C2CC2)CC1. The zero-order chi connectivity index (χ0) is 14.7. The van der Waals surface area contributed by atoms with Crippen molar-refractivity contribution in [3.05, 3.63) is 41.5 Å². The molecule has 1 saturated heterocycles. The van der Waals surface area contributed by atoms with Crippen LogP contribution in [0.5, 0.6) is 0 Å². The highest BCUT2D eigenvalue weighted by molar-refractivity contribution is 5.85. The standard InChI is InChI=1S/C17H22N2O2/c20-17(21)8-5-14-3-1-2-4-15(14)13-18-9-11-19(12-10-18)16-6-7-16/h1-5,8,16H,6-7,9-13H2,(H,20,21). The van der Waals surface area contributed by atoms with Gasteiger partial charge < -0.3 is 5.11 Å². The minimum Gasteiger partial charge on any atom is -0.478 e. The van der Waals surface area contributed by atoms with Crippen LogP contribution in [0.4, 0.5) is 0 Å². The van der Waals surface area contributed by atoms with E-state index in [1.165, 1.54) is 24.5 Å². The topological polar surface area (TPSA) is 43.8 Å². The molecule has 0 spiro atoms. The van der Waals surface area contributed by atoms with Crippen LogP contribution in [-0.2, 0) is 11.3 Å². The Kier molecular flexibility index (Phi) is 4.36. The molecule has 0 amide bonds. The van der Waals surface area contributed by atoms with Gasteiger partial charge in [0.2, 0.25) is 0 Å². The van der Waals surface area contributed by atoms with E-state index >= 15 is 0 Å². The van der Waals surface area contributed by atoms with E-state index in [9.17, 15) is 4.79 Å². The summed E-state index contributed by atoms with van der Waals surface area (Å²) in [7, 11) is 0. The predicted molar refractivity (Wildman–Crippen MR) is 83.0 cm³/mol. The molecule has 112 valence electrons. The molecule has 0 radical (unpaired) electrons.